The van der Waals surface area contributed by atoms with Crippen LogP contribution in [0.5, 0.6) is 5.75 Å². The zero-order chi connectivity index (χ0) is 18.8. The second kappa shape index (κ2) is 6.75. The minimum atomic E-state index is -0.368. The van der Waals surface area contributed by atoms with E-state index in [1.54, 1.807) is 31.4 Å². The number of fused-ring (bicyclic) bond motifs is 1. The molecule has 2 N–H and O–H groups in total. The van der Waals surface area contributed by atoms with Crippen molar-refractivity contribution in [2.75, 3.05) is 12.4 Å². The van der Waals surface area contributed by atoms with Crippen LogP contribution in [-0.2, 0) is 0 Å². The van der Waals surface area contributed by atoms with E-state index in [0.717, 1.165) is 5.56 Å². The van der Waals surface area contributed by atoms with Crippen LogP contribution in [0.1, 0.15) is 10.4 Å². The largest absolute Gasteiger partial charge is 0.497 e. The topological polar surface area (TPSA) is 101 Å². The van der Waals surface area contributed by atoms with Crippen LogP contribution in [0.4, 0.5) is 5.95 Å². The van der Waals surface area contributed by atoms with Crippen molar-refractivity contribution >= 4 is 17.6 Å². The van der Waals surface area contributed by atoms with E-state index in [1.807, 2.05) is 30.3 Å². The number of methoxy groups -OCH3 is 1. The van der Waals surface area contributed by atoms with Crippen molar-refractivity contribution in [2.24, 2.45) is 0 Å². The number of rotatable bonds is 4. The van der Waals surface area contributed by atoms with E-state index < -0.39 is 0 Å². The molecule has 27 heavy (non-hydrogen) atoms. The third kappa shape index (κ3) is 3.28. The monoisotopic (exact) mass is 361 g/mol. The highest BCUT2D eigenvalue weighted by molar-refractivity contribution is 6.03. The fraction of sp³-hybridized carbons (Fsp3) is 0.0526. The SMILES string of the molecule is COc1ccc(C(=O)Nc2nc3nc(-c4ccccc4)cc(=O)n3[nH]2)cc1. The number of carbonyl (C=O) groups excluding carboxylic acids is 1. The van der Waals surface area contributed by atoms with E-state index in [1.165, 1.54) is 10.6 Å². The second-order valence-electron chi connectivity index (χ2n) is 5.74. The van der Waals surface area contributed by atoms with Gasteiger partial charge < -0.3 is 4.74 Å². The van der Waals surface area contributed by atoms with Crippen LogP contribution in [0.15, 0.2) is 65.5 Å². The number of ether oxygens (including phenoxy) is 1. The molecule has 2 heterocycles. The molecule has 0 bridgehead atoms. The Balaban J connectivity index is 1.64. The molecular formula is C19H15N5O3. The van der Waals surface area contributed by atoms with Crippen molar-refractivity contribution in [3.63, 3.8) is 0 Å². The summed E-state index contributed by atoms with van der Waals surface area (Å²) in [5, 5.41) is 5.37. The van der Waals surface area contributed by atoms with Crippen LogP contribution in [0.3, 0.4) is 0 Å². The summed E-state index contributed by atoms with van der Waals surface area (Å²) in [4.78, 5) is 33.3. The van der Waals surface area contributed by atoms with Gasteiger partial charge in [-0.15, -0.1) is 0 Å². The highest BCUT2D eigenvalue weighted by Gasteiger charge is 2.12. The highest BCUT2D eigenvalue weighted by atomic mass is 16.5. The van der Waals surface area contributed by atoms with Gasteiger partial charge in [-0.05, 0) is 24.3 Å². The van der Waals surface area contributed by atoms with Gasteiger partial charge in [0.25, 0.3) is 17.2 Å². The zero-order valence-electron chi connectivity index (χ0n) is 14.3. The summed E-state index contributed by atoms with van der Waals surface area (Å²) in [6, 6.07) is 17.4. The Labute approximate surface area is 153 Å². The Hall–Kier alpha value is -3.94. The predicted molar refractivity (Wildman–Crippen MR) is 100.0 cm³/mol. The molecule has 0 aliphatic rings. The quantitative estimate of drug-likeness (QED) is 0.581. The normalized spacial score (nSPS) is 10.7. The molecule has 1 amide bonds. The summed E-state index contributed by atoms with van der Waals surface area (Å²) in [6.45, 7) is 0. The molecular weight excluding hydrogens is 346 g/mol. The molecule has 2 aromatic carbocycles. The van der Waals surface area contributed by atoms with Gasteiger partial charge in [-0.25, -0.2) is 4.98 Å². The summed E-state index contributed by atoms with van der Waals surface area (Å²) < 4.78 is 6.25. The average molecular weight is 361 g/mol. The predicted octanol–water partition coefficient (Wildman–Crippen LogP) is 2.35. The molecule has 0 saturated heterocycles. The van der Waals surface area contributed by atoms with Crippen LogP contribution in [0, 0.1) is 0 Å². The van der Waals surface area contributed by atoms with Gasteiger partial charge in [0.1, 0.15) is 5.75 Å². The molecule has 0 aliphatic carbocycles. The maximum atomic E-state index is 12.3. The van der Waals surface area contributed by atoms with Gasteiger partial charge >= 0.3 is 0 Å². The summed E-state index contributed by atoms with van der Waals surface area (Å²) in [7, 11) is 1.55. The molecule has 0 saturated carbocycles. The number of hydrogen-bond donors (Lipinski definition) is 2. The lowest BCUT2D eigenvalue weighted by Crippen LogP contribution is -2.15. The Morgan fingerprint density at radius 2 is 1.81 bits per heavy atom. The van der Waals surface area contributed by atoms with Gasteiger partial charge in [0.15, 0.2) is 0 Å². The van der Waals surface area contributed by atoms with Crippen LogP contribution in [0.2, 0.25) is 0 Å². The first kappa shape index (κ1) is 16.5. The Morgan fingerprint density at radius 1 is 1.07 bits per heavy atom. The number of hydrogen-bond acceptors (Lipinski definition) is 5. The van der Waals surface area contributed by atoms with Gasteiger partial charge in [-0.3, -0.25) is 20.0 Å². The second-order valence-corrected chi connectivity index (χ2v) is 5.74. The van der Waals surface area contributed by atoms with E-state index in [2.05, 4.69) is 20.4 Å². The Kier molecular flexibility index (Phi) is 4.13. The average Bonchev–Trinajstić information content (AvgIpc) is 3.11. The van der Waals surface area contributed by atoms with E-state index in [0.29, 0.717) is 17.0 Å². The Morgan fingerprint density at radius 3 is 2.52 bits per heavy atom. The number of benzene rings is 2. The van der Waals surface area contributed by atoms with Gasteiger partial charge in [-0.1, -0.05) is 30.3 Å². The number of nitrogens with zero attached hydrogens (tertiary/aromatic N) is 3. The molecule has 0 atom stereocenters. The molecule has 8 nitrogen and oxygen atoms in total. The first-order valence-electron chi connectivity index (χ1n) is 8.15. The van der Waals surface area contributed by atoms with Crippen LogP contribution < -0.4 is 15.6 Å². The number of carbonyl (C=O) groups is 1. The number of aromatic amines is 1. The van der Waals surface area contributed by atoms with Crippen molar-refractivity contribution in [3.05, 3.63) is 76.6 Å². The number of H-pyrrole nitrogens is 1. The van der Waals surface area contributed by atoms with Crippen molar-refractivity contribution < 1.29 is 9.53 Å². The third-order valence-corrected chi connectivity index (χ3v) is 3.98. The number of aromatic nitrogens is 4. The maximum absolute atomic E-state index is 12.3. The zero-order valence-corrected chi connectivity index (χ0v) is 14.3. The minimum absolute atomic E-state index is 0.130. The lowest BCUT2D eigenvalue weighted by Gasteiger charge is -2.03. The molecule has 0 aliphatic heterocycles. The van der Waals surface area contributed by atoms with E-state index in [4.69, 9.17) is 4.74 Å². The summed E-state index contributed by atoms with van der Waals surface area (Å²) >= 11 is 0. The van der Waals surface area contributed by atoms with Crippen LogP contribution in [0.25, 0.3) is 17.0 Å². The lowest BCUT2D eigenvalue weighted by atomic mass is 10.1. The van der Waals surface area contributed by atoms with Crippen LogP contribution in [-0.4, -0.2) is 32.6 Å². The minimum Gasteiger partial charge on any atom is -0.497 e. The number of nitrogens with one attached hydrogen (secondary N) is 2. The van der Waals surface area contributed by atoms with E-state index in [9.17, 15) is 9.59 Å². The summed E-state index contributed by atoms with van der Waals surface area (Å²) in [5.74, 6) is 0.588. The first-order valence-corrected chi connectivity index (χ1v) is 8.15. The molecule has 2 aromatic heterocycles. The van der Waals surface area contributed by atoms with Gasteiger partial charge in [0.2, 0.25) is 5.95 Å². The standard InChI is InChI=1S/C19H15N5O3/c1-27-14-9-7-13(8-10-14)17(26)21-18-22-19-20-15(11-16(25)24(19)23-18)12-5-3-2-4-6-12/h2-11H,1H3,(H2,20,21,22,23,26). The number of anilines is 1. The van der Waals surface area contributed by atoms with Crippen molar-refractivity contribution in [1.82, 2.24) is 19.6 Å². The van der Waals surface area contributed by atoms with Crippen molar-refractivity contribution in [3.8, 4) is 17.0 Å². The Bertz CT molecular complexity index is 1160. The summed E-state index contributed by atoms with van der Waals surface area (Å²) in [5.41, 5.74) is 1.43. The molecule has 134 valence electrons. The molecule has 4 rings (SSSR count). The molecule has 0 radical (unpaired) electrons. The smallest absolute Gasteiger partial charge is 0.274 e. The van der Waals surface area contributed by atoms with Gasteiger partial charge in [-0.2, -0.15) is 9.50 Å². The third-order valence-electron chi connectivity index (χ3n) is 3.98. The molecule has 0 unspecified atom stereocenters. The van der Waals surface area contributed by atoms with Crippen molar-refractivity contribution in [1.29, 1.82) is 0 Å². The van der Waals surface area contributed by atoms with Gasteiger partial charge in [0.05, 0.1) is 12.8 Å². The summed E-state index contributed by atoms with van der Waals surface area (Å²) in [6.07, 6.45) is 0. The first-order chi connectivity index (χ1) is 13.1. The highest BCUT2D eigenvalue weighted by Crippen LogP contribution is 2.16. The molecule has 4 aromatic rings. The molecule has 0 fully saturated rings. The molecule has 8 heteroatoms. The van der Waals surface area contributed by atoms with Gasteiger partial charge in [0, 0.05) is 17.2 Å². The fourth-order valence-corrected chi connectivity index (χ4v) is 2.62. The lowest BCUT2D eigenvalue weighted by molar-refractivity contribution is 0.102. The maximum Gasteiger partial charge on any atom is 0.274 e. The fourth-order valence-electron chi connectivity index (χ4n) is 2.62. The van der Waals surface area contributed by atoms with E-state index >= 15 is 0 Å². The molecule has 0 spiro atoms. The van der Waals surface area contributed by atoms with E-state index in [-0.39, 0.29) is 23.2 Å². The van der Waals surface area contributed by atoms with Crippen molar-refractivity contribution in [2.45, 2.75) is 0 Å². The number of amides is 1. The van der Waals surface area contributed by atoms with Crippen LogP contribution >= 0.6 is 0 Å².